The number of hydrogen-bond acceptors (Lipinski definition) is 6. The summed E-state index contributed by atoms with van der Waals surface area (Å²) in [5, 5.41) is 3.83. The van der Waals surface area contributed by atoms with Crippen LogP contribution in [-0.4, -0.2) is 71.7 Å². The van der Waals surface area contributed by atoms with Gasteiger partial charge in [0.05, 0.1) is 12.5 Å². The average Bonchev–Trinajstić information content (AvgIpc) is 3.18. The van der Waals surface area contributed by atoms with Gasteiger partial charge in [0.15, 0.2) is 5.82 Å². The van der Waals surface area contributed by atoms with Gasteiger partial charge in [0.25, 0.3) is 0 Å². The second-order valence-corrected chi connectivity index (χ2v) is 6.51. The van der Waals surface area contributed by atoms with Crippen LogP contribution in [0.2, 0.25) is 0 Å². The number of carbonyl (C=O) groups is 2. The van der Waals surface area contributed by atoms with Crippen LogP contribution in [-0.2, 0) is 14.3 Å². The van der Waals surface area contributed by atoms with E-state index < -0.39 is 0 Å². The van der Waals surface area contributed by atoms with Crippen LogP contribution in [0.4, 0.5) is 0 Å². The van der Waals surface area contributed by atoms with Crippen LogP contribution < -0.4 is 0 Å². The van der Waals surface area contributed by atoms with E-state index in [9.17, 15) is 9.59 Å². The molecule has 0 N–H and O–H groups in total. The number of methoxy groups -OCH3 is 1. The zero-order valence-electron chi connectivity index (χ0n) is 14.2. The molecule has 0 radical (unpaired) electrons. The third-order valence-electron chi connectivity index (χ3n) is 4.83. The molecule has 132 valence electrons. The highest BCUT2D eigenvalue weighted by Crippen LogP contribution is 2.29. The lowest BCUT2D eigenvalue weighted by Gasteiger charge is -2.32. The van der Waals surface area contributed by atoms with Gasteiger partial charge < -0.3 is 19.1 Å². The molecule has 8 heteroatoms. The molecule has 0 aliphatic carbocycles. The van der Waals surface area contributed by atoms with Crippen molar-refractivity contribution in [1.82, 2.24) is 19.9 Å². The molecule has 3 heterocycles. The fraction of sp³-hybridized carbons (Fsp3) is 0.750. The molecule has 0 aromatic carbocycles. The van der Waals surface area contributed by atoms with Gasteiger partial charge in [-0.1, -0.05) is 5.16 Å². The van der Waals surface area contributed by atoms with E-state index in [1.165, 1.54) is 0 Å². The Morgan fingerprint density at radius 2 is 2.12 bits per heavy atom. The van der Waals surface area contributed by atoms with Gasteiger partial charge in [-0.3, -0.25) is 9.59 Å². The largest absolute Gasteiger partial charge is 0.383 e. The molecule has 1 atom stereocenters. The minimum absolute atomic E-state index is 0.0432. The summed E-state index contributed by atoms with van der Waals surface area (Å²) in [5.74, 6) is 1.44. The molecule has 0 bridgehead atoms. The van der Waals surface area contributed by atoms with E-state index in [4.69, 9.17) is 9.26 Å². The topological polar surface area (TPSA) is 88.8 Å². The van der Waals surface area contributed by atoms with Crippen molar-refractivity contribution in [1.29, 1.82) is 0 Å². The number of hydrogen-bond donors (Lipinski definition) is 0. The van der Waals surface area contributed by atoms with Gasteiger partial charge in [0, 0.05) is 45.6 Å². The van der Waals surface area contributed by atoms with Crippen LogP contribution in [0, 0.1) is 12.8 Å². The number of rotatable bonds is 5. The quantitative estimate of drug-likeness (QED) is 0.781. The zero-order chi connectivity index (χ0) is 17.1. The second-order valence-electron chi connectivity index (χ2n) is 6.51. The summed E-state index contributed by atoms with van der Waals surface area (Å²) in [6, 6.07) is 0. The number of carbonyl (C=O) groups excluding carboxylic acids is 2. The van der Waals surface area contributed by atoms with Crippen molar-refractivity contribution in [2.24, 2.45) is 5.92 Å². The Bertz CT molecular complexity index is 595. The molecular formula is C16H24N4O4. The zero-order valence-corrected chi connectivity index (χ0v) is 14.2. The molecule has 8 nitrogen and oxygen atoms in total. The Morgan fingerprint density at radius 1 is 1.38 bits per heavy atom. The Morgan fingerprint density at radius 3 is 2.75 bits per heavy atom. The number of aromatic nitrogens is 2. The lowest BCUT2D eigenvalue weighted by molar-refractivity contribution is -0.136. The van der Waals surface area contributed by atoms with Gasteiger partial charge in [-0.25, -0.2) is 0 Å². The summed E-state index contributed by atoms with van der Waals surface area (Å²) in [6.45, 7) is 4.71. The number of ether oxygens (including phenoxy) is 1. The maximum Gasteiger partial charge on any atom is 0.229 e. The minimum Gasteiger partial charge on any atom is -0.383 e. The predicted octanol–water partition coefficient (Wildman–Crippen LogP) is 0.579. The van der Waals surface area contributed by atoms with Crippen molar-refractivity contribution < 1.29 is 18.8 Å². The highest BCUT2D eigenvalue weighted by molar-refractivity contribution is 5.89. The fourth-order valence-electron chi connectivity index (χ4n) is 3.44. The predicted molar refractivity (Wildman–Crippen MR) is 84.2 cm³/mol. The number of amides is 2. The van der Waals surface area contributed by atoms with Crippen LogP contribution in [0.5, 0.6) is 0 Å². The maximum atomic E-state index is 12.7. The van der Waals surface area contributed by atoms with Crippen molar-refractivity contribution in [3.8, 4) is 0 Å². The third-order valence-corrected chi connectivity index (χ3v) is 4.83. The van der Waals surface area contributed by atoms with Gasteiger partial charge >= 0.3 is 0 Å². The van der Waals surface area contributed by atoms with Crippen LogP contribution in [0.1, 0.15) is 36.9 Å². The molecule has 1 aromatic rings. The molecular weight excluding hydrogens is 312 g/mol. The lowest BCUT2D eigenvalue weighted by Crippen LogP contribution is -2.42. The number of nitrogens with zero attached hydrogens (tertiary/aromatic N) is 4. The highest BCUT2D eigenvalue weighted by Gasteiger charge is 2.37. The summed E-state index contributed by atoms with van der Waals surface area (Å²) < 4.78 is 10.2. The van der Waals surface area contributed by atoms with Crippen molar-refractivity contribution in [3.63, 3.8) is 0 Å². The van der Waals surface area contributed by atoms with E-state index in [0.29, 0.717) is 50.9 Å². The average molecular weight is 336 g/mol. The van der Waals surface area contributed by atoms with Crippen LogP contribution in [0.25, 0.3) is 0 Å². The minimum atomic E-state index is -0.225. The second kappa shape index (κ2) is 7.29. The maximum absolute atomic E-state index is 12.7. The number of piperidine rings is 1. The van der Waals surface area contributed by atoms with Crippen LogP contribution in [0.3, 0.4) is 0 Å². The van der Waals surface area contributed by atoms with E-state index in [1.54, 1.807) is 18.9 Å². The fourth-order valence-corrected chi connectivity index (χ4v) is 3.44. The van der Waals surface area contributed by atoms with Crippen molar-refractivity contribution in [3.05, 3.63) is 11.7 Å². The van der Waals surface area contributed by atoms with E-state index in [1.807, 2.05) is 4.90 Å². The van der Waals surface area contributed by atoms with Gasteiger partial charge in [-0.05, 0) is 19.8 Å². The molecule has 0 spiro atoms. The summed E-state index contributed by atoms with van der Waals surface area (Å²) in [4.78, 5) is 32.5. The van der Waals surface area contributed by atoms with E-state index in [2.05, 4.69) is 10.1 Å². The van der Waals surface area contributed by atoms with Crippen LogP contribution >= 0.6 is 0 Å². The summed E-state index contributed by atoms with van der Waals surface area (Å²) in [7, 11) is 1.61. The number of likely N-dealkylation sites (tertiary alicyclic amines) is 2. The molecule has 2 fully saturated rings. The Labute approximate surface area is 141 Å². The third kappa shape index (κ3) is 3.58. The highest BCUT2D eigenvalue weighted by atomic mass is 16.5. The van der Waals surface area contributed by atoms with Gasteiger partial charge in [-0.15, -0.1) is 0 Å². The van der Waals surface area contributed by atoms with Gasteiger partial charge in [-0.2, -0.15) is 4.98 Å². The van der Waals surface area contributed by atoms with Crippen molar-refractivity contribution >= 4 is 11.8 Å². The van der Waals surface area contributed by atoms with Gasteiger partial charge in [0.2, 0.25) is 17.7 Å². The molecule has 2 amide bonds. The number of aryl methyl sites for hydroxylation is 1. The molecule has 24 heavy (non-hydrogen) atoms. The molecule has 0 saturated carbocycles. The molecule has 1 aromatic heterocycles. The standard InChI is InChI=1S/C16H24N4O4/c1-11-17-15(24-18-11)12-3-5-19(6-4-12)16(22)13-9-14(21)20(10-13)7-8-23-2/h12-13H,3-10H2,1-2H3/t13-/m1/s1. The van der Waals surface area contributed by atoms with E-state index in [0.717, 1.165) is 12.8 Å². The van der Waals surface area contributed by atoms with Crippen LogP contribution in [0.15, 0.2) is 4.52 Å². The summed E-state index contributed by atoms with van der Waals surface area (Å²) >= 11 is 0. The molecule has 0 unspecified atom stereocenters. The lowest BCUT2D eigenvalue weighted by atomic mass is 9.95. The molecule has 3 rings (SSSR count). The Hall–Kier alpha value is -1.96. The molecule has 2 aliphatic heterocycles. The van der Waals surface area contributed by atoms with Crippen molar-refractivity contribution in [2.45, 2.75) is 32.1 Å². The first-order valence-electron chi connectivity index (χ1n) is 8.44. The first kappa shape index (κ1) is 16.9. The SMILES string of the molecule is COCCN1C[C@H](C(=O)N2CCC(c3nc(C)no3)CC2)CC1=O. The molecule has 2 aliphatic rings. The summed E-state index contributed by atoms with van der Waals surface area (Å²) in [5.41, 5.74) is 0. The first-order valence-corrected chi connectivity index (χ1v) is 8.44. The van der Waals surface area contributed by atoms with Gasteiger partial charge in [0.1, 0.15) is 0 Å². The Balaban J connectivity index is 1.51. The molecule has 2 saturated heterocycles. The van der Waals surface area contributed by atoms with Crippen molar-refractivity contribution in [2.75, 3.05) is 39.9 Å². The normalized spacial score (nSPS) is 22.4. The summed E-state index contributed by atoms with van der Waals surface area (Å²) in [6.07, 6.45) is 1.95. The smallest absolute Gasteiger partial charge is 0.229 e. The Kier molecular flexibility index (Phi) is 5.13. The monoisotopic (exact) mass is 336 g/mol. The van der Waals surface area contributed by atoms with E-state index in [-0.39, 0.29) is 23.7 Å². The van der Waals surface area contributed by atoms with E-state index >= 15 is 0 Å². The first-order chi connectivity index (χ1) is 11.6.